The first-order chi connectivity index (χ1) is 9.15. The minimum Gasteiger partial charge on any atom is -0.313 e. The predicted octanol–water partition coefficient (Wildman–Crippen LogP) is 4.64. The number of thioether (sulfide) groups is 1. The summed E-state index contributed by atoms with van der Waals surface area (Å²) in [4.78, 5) is 0.991. The van der Waals surface area contributed by atoms with Crippen molar-refractivity contribution in [2.75, 3.05) is 12.3 Å². The molecule has 0 radical (unpaired) electrons. The van der Waals surface area contributed by atoms with Crippen molar-refractivity contribution in [1.29, 1.82) is 0 Å². The van der Waals surface area contributed by atoms with Crippen LogP contribution in [0.15, 0.2) is 41.3 Å². The molecule has 0 aliphatic heterocycles. The van der Waals surface area contributed by atoms with E-state index in [4.69, 9.17) is 0 Å². The van der Waals surface area contributed by atoms with Crippen LogP contribution in [0.25, 0.3) is 0 Å². The molecule has 0 aromatic heterocycles. The molecule has 0 fully saturated rings. The van der Waals surface area contributed by atoms with Gasteiger partial charge in [-0.05, 0) is 44.0 Å². The summed E-state index contributed by atoms with van der Waals surface area (Å²) in [6, 6.07) is 7.21. The van der Waals surface area contributed by atoms with Crippen molar-refractivity contribution in [3.63, 3.8) is 0 Å². The summed E-state index contributed by atoms with van der Waals surface area (Å²) in [7, 11) is 0. The first-order valence-electron chi connectivity index (χ1n) is 6.94. The maximum Gasteiger partial charge on any atom is 0.124 e. The summed E-state index contributed by atoms with van der Waals surface area (Å²) in [5, 5.41) is 3.54. The fraction of sp³-hybridized carbons (Fsp3) is 0.500. The molecule has 19 heavy (non-hydrogen) atoms. The van der Waals surface area contributed by atoms with Crippen LogP contribution < -0.4 is 5.32 Å². The molecule has 1 aromatic rings. The molecule has 0 aliphatic rings. The van der Waals surface area contributed by atoms with Gasteiger partial charge >= 0.3 is 0 Å². The van der Waals surface area contributed by atoms with Gasteiger partial charge in [-0.15, -0.1) is 11.8 Å². The number of hydrogen-bond donors (Lipinski definition) is 1. The summed E-state index contributed by atoms with van der Waals surface area (Å²) in [6.07, 6.45) is 3.15. The molecule has 0 aliphatic carbocycles. The van der Waals surface area contributed by atoms with Crippen LogP contribution >= 0.6 is 11.8 Å². The Labute approximate surface area is 120 Å². The molecular weight excluding hydrogens is 257 g/mol. The molecule has 106 valence electrons. The monoisotopic (exact) mass is 281 g/mol. The smallest absolute Gasteiger partial charge is 0.124 e. The van der Waals surface area contributed by atoms with Gasteiger partial charge in [-0.3, -0.25) is 0 Å². The van der Waals surface area contributed by atoms with Gasteiger partial charge in [0.25, 0.3) is 0 Å². The van der Waals surface area contributed by atoms with E-state index in [0.29, 0.717) is 6.04 Å². The third-order valence-corrected chi connectivity index (χ3v) is 4.12. The lowest BCUT2D eigenvalue weighted by molar-refractivity contribution is 0.544. The highest BCUT2D eigenvalue weighted by Gasteiger charge is 2.09. The number of nitrogens with one attached hydrogen (secondary N) is 1. The van der Waals surface area contributed by atoms with E-state index in [2.05, 4.69) is 25.7 Å². The Hall–Kier alpha value is -0.800. The lowest BCUT2D eigenvalue weighted by Crippen LogP contribution is -2.32. The highest BCUT2D eigenvalue weighted by atomic mass is 32.2. The Bertz CT molecular complexity index is 392. The maximum absolute atomic E-state index is 13.1. The highest BCUT2D eigenvalue weighted by Crippen LogP contribution is 2.21. The van der Waals surface area contributed by atoms with Gasteiger partial charge in [0.05, 0.1) is 0 Å². The van der Waals surface area contributed by atoms with Gasteiger partial charge in [-0.2, -0.15) is 0 Å². The van der Waals surface area contributed by atoms with E-state index >= 15 is 0 Å². The van der Waals surface area contributed by atoms with Crippen molar-refractivity contribution in [3.8, 4) is 0 Å². The van der Waals surface area contributed by atoms with Gasteiger partial charge in [0, 0.05) is 16.7 Å². The average Bonchev–Trinajstić information content (AvgIpc) is 2.41. The molecule has 1 atom stereocenters. The molecule has 1 aromatic carbocycles. The second-order valence-electron chi connectivity index (χ2n) is 4.73. The van der Waals surface area contributed by atoms with E-state index in [1.165, 1.54) is 11.6 Å². The summed E-state index contributed by atoms with van der Waals surface area (Å²) >= 11 is 1.70. The lowest BCUT2D eigenvalue weighted by atomic mass is 10.1. The predicted molar refractivity (Wildman–Crippen MR) is 83.3 cm³/mol. The van der Waals surface area contributed by atoms with Crippen LogP contribution in [0.1, 0.15) is 33.1 Å². The van der Waals surface area contributed by atoms with E-state index in [9.17, 15) is 4.39 Å². The van der Waals surface area contributed by atoms with Gasteiger partial charge in [0.15, 0.2) is 0 Å². The second kappa shape index (κ2) is 9.16. The molecular formula is C16H24FNS. The number of halogens is 1. The number of hydrogen-bond acceptors (Lipinski definition) is 2. The van der Waals surface area contributed by atoms with E-state index in [1.807, 2.05) is 6.07 Å². The molecule has 0 saturated carbocycles. The van der Waals surface area contributed by atoms with Crippen LogP contribution in [-0.4, -0.2) is 18.3 Å². The van der Waals surface area contributed by atoms with Crippen LogP contribution in [0.5, 0.6) is 0 Å². The number of benzene rings is 1. The molecule has 3 heteroatoms. The number of rotatable bonds is 9. The van der Waals surface area contributed by atoms with Crippen LogP contribution in [0.2, 0.25) is 0 Å². The Balaban J connectivity index is 2.49. The molecule has 0 saturated heterocycles. The molecule has 1 nitrogen and oxygen atoms in total. The van der Waals surface area contributed by atoms with Crippen molar-refractivity contribution >= 4 is 11.8 Å². The molecule has 0 amide bonds. The Morgan fingerprint density at radius 1 is 1.42 bits per heavy atom. The van der Waals surface area contributed by atoms with Gasteiger partial charge in [-0.1, -0.05) is 32.1 Å². The van der Waals surface area contributed by atoms with Crippen molar-refractivity contribution in [3.05, 3.63) is 42.2 Å². The lowest BCUT2D eigenvalue weighted by Gasteiger charge is -2.19. The van der Waals surface area contributed by atoms with Gasteiger partial charge in [0.1, 0.15) is 5.82 Å². The zero-order valence-corrected chi connectivity index (χ0v) is 12.7. The summed E-state index contributed by atoms with van der Waals surface area (Å²) in [5.74, 6) is 0.781. The van der Waals surface area contributed by atoms with Crippen molar-refractivity contribution in [2.24, 2.45) is 0 Å². The summed E-state index contributed by atoms with van der Waals surface area (Å²) in [6.45, 7) is 9.40. The van der Waals surface area contributed by atoms with E-state index in [1.54, 1.807) is 23.9 Å². The third kappa shape index (κ3) is 6.79. The van der Waals surface area contributed by atoms with Crippen LogP contribution in [0, 0.1) is 5.82 Å². The Morgan fingerprint density at radius 3 is 2.84 bits per heavy atom. The molecule has 1 rings (SSSR count). The van der Waals surface area contributed by atoms with Crippen LogP contribution in [0.3, 0.4) is 0 Å². The molecule has 1 unspecified atom stereocenters. The average molecular weight is 281 g/mol. The van der Waals surface area contributed by atoms with Gasteiger partial charge in [-0.25, -0.2) is 4.39 Å². The Morgan fingerprint density at radius 2 is 2.21 bits per heavy atom. The molecule has 1 N–H and O–H groups in total. The standard InChI is InChI=1S/C16H24FNS/c1-4-9-18-15(10-13(3)5-2)12-19-16-8-6-7-14(17)11-16/h6-8,11,15,18H,3-5,9-10,12H2,1-2H3. The quantitative estimate of drug-likeness (QED) is 0.522. The third-order valence-electron chi connectivity index (χ3n) is 2.97. The topological polar surface area (TPSA) is 12.0 Å². The Kier molecular flexibility index (Phi) is 7.84. The fourth-order valence-corrected chi connectivity index (χ4v) is 2.78. The van der Waals surface area contributed by atoms with Gasteiger partial charge < -0.3 is 5.32 Å². The van der Waals surface area contributed by atoms with Crippen molar-refractivity contribution in [1.82, 2.24) is 5.32 Å². The van der Waals surface area contributed by atoms with E-state index in [-0.39, 0.29) is 5.82 Å². The zero-order chi connectivity index (χ0) is 14.1. The van der Waals surface area contributed by atoms with E-state index in [0.717, 1.165) is 36.5 Å². The highest BCUT2D eigenvalue weighted by molar-refractivity contribution is 7.99. The minimum absolute atomic E-state index is 0.166. The first kappa shape index (κ1) is 16.3. The minimum atomic E-state index is -0.166. The van der Waals surface area contributed by atoms with Crippen LogP contribution in [0.4, 0.5) is 4.39 Å². The summed E-state index contributed by atoms with van der Waals surface area (Å²) < 4.78 is 13.1. The van der Waals surface area contributed by atoms with Crippen LogP contribution in [-0.2, 0) is 0 Å². The van der Waals surface area contributed by atoms with Gasteiger partial charge in [0.2, 0.25) is 0 Å². The SMILES string of the molecule is C=C(CC)CC(CSc1cccc(F)c1)NCCC. The zero-order valence-electron chi connectivity index (χ0n) is 11.9. The molecule has 0 bridgehead atoms. The maximum atomic E-state index is 13.1. The second-order valence-corrected chi connectivity index (χ2v) is 5.82. The molecule has 0 spiro atoms. The van der Waals surface area contributed by atoms with E-state index < -0.39 is 0 Å². The van der Waals surface area contributed by atoms with Crippen molar-refractivity contribution in [2.45, 2.75) is 44.0 Å². The largest absolute Gasteiger partial charge is 0.313 e. The first-order valence-corrected chi connectivity index (χ1v) is 7.92. The molecule has 0 heterocycles. The normalized spacial score (nSPS) is 12.4. The fourth-order valence-electron chi connectivity index (χ4n) is 1.78. The van der Waals surface area contributed by atoms with Crippen molar-refractivity contribution < 1.29 is 4.39 Å². The summed E-state index contributed by atoms with van der Waals surface area (Å²) in [5.41, 5.74) is 1.27.